The largest absolute Gasteiger partial charge is 0.350 e. The van der Waals surface area contributed by atoms with Crippen molar-refractivity contribution in [3.8, 4) is 0 Å². The van der Waals surface area contributed by atoms with E-state index in [-0.39, 0.29) is 36.2 Å². The summed E-state index contributed by atoms with van der Waals surface area (Å²) in [6.45, 7) is 0.224. The van der Waals surface area contributed by atoms with E-state index in [9.17, 15) is 9.59 Å². The van der Waals surface area contributed by atoms with Crippen LogP contribution in [-0.2, 0) is 11.3 Å². The van der Waals surface area contributed by atoms with Gasteiger partial charge in [0, 0.05) is 40.7 Å². The van der Waals surface area contributed by atoms with Gasteiger partial charge in [0.15, 0.2) is 5.78 Å². The summed E-state index contributed by atoms with van der Waals surface area (Å²) in [6, 6.07) is 7.96. The summed E-state index contributed by atoms with van der Waals surface area (Å²) in [5.74, 6) is 0.341. The number of rotatable bonds is 5. The van der Waals surface area contributed by atoms with Crippen molar-refractivity contribution in [3.63, 3.8) is 0 Å². The minimum Gasteiger partial charge on any atom is -0.350 e. The first-order valence-corrected chi connectivity index (χ1v) is 8.30. The predicted octanol–water partition coefficient (Wildman–Crippen LogP) is 1.84. The van der Waals surface area contributed by atoms with Crippen molar-refractivity contribution in [1.29, 1.82) is 0 Å². The Balaban J connectivity index is 1.59. The summed E-state index contributed by atoms with van der Waals surface area (Å²) in [5.41, 5.74) is 7.55. The Morgan fingerprint density at radius 3 is 2.61 bits per heavy atom. The highest BCUT2D eigenvalue weighted by atomic mass is 16.2. The Hall–Kier alpha value is -2.14. The number of fused-ring (bicyclic) bond motifs is 1. The molecular weight excluding hydrogens is 290 g/mol. The van der Waals surface area contributed by atoms with E-state index in [1.807, 2.05) is 35.0 Å². The van der Waals surface area contributed by atoms with E-state index in [2.05, 4.69) is 5.32 Å². The zero-order valence-electron chi connectivity index (χ0n) is 13.0. The normalized spacial score (nSPS) is 23.5. The molecule has 0 saturated heterocycles. The SMILES string of the molecule is N[C@@H]1CC[C@@H]1NC(=O)Cn1cc(C(=O)C2CC2)c2ccccc21. The first-order chi connectivity index (χ1) is 11.1. The molecule has 2 aliphatic rings. The van der Waals surface area contributed by atoms with Gasteiger partial charge in [-0.25, -0.2) is 0 Å². The molecule has 23 heavy (non-hydrogen) atoms. The van der Waals surface area contributed by atoms with Crippen LogP contribution in [0.2, 0.25) is 0 Å². The molecule has 2 fully saturated rings. The quantitative estimate of drug-likeness (QED) is 0.827. The molecule has 2 aliphatic carbocycles. The van der Waals surface area contributed by atoms with Gasteiger partial charge in [-0.3, -0.25) is 9.59 Å². The maximum Gasteiger partial charge on any atom is 0.240 e. The van der Waals surface area contributed by atoms with Crippen LogP contribution in [0.5, 0.6) is 0 Å². The first kappa shape index (κ1) is 14.5. The van der Waals surface area contributed by atoms with Crippen LogP contribution in [0.25, 0.3) is 10.9 Å². The lowest BCUT2D eigenvalue weighted by Crippen LogP contribution is -2.55. The summed E-state index contributed by atoms with van der Waals surface area (Å²) in [6.07, 6.45) is 5.73. The Bertz CT molecular complexity index is 776. The Kier molecular flexibility index (Phi) is 3.45. The van der Waals surface area contributed by atoms with Gasteiger partial charge >= 0.3 is 0 Å². The summed E-state index contributed by atoms with van der Waals surface area (Å²) in [4.78, 5) is 24.7. The minimum absolute atomic E-state index is 0.0451. The second-order valence-electron chi connectivity index (χ2n) is 6.74. The third-order valence-electron chi connectivity index (χ3n) is 4.99. The van der Waals surface area contributed by atoms with E-state index in [0.717, 1.165) is 42.1 Å². The third kappa shape index (κ3) is 2.65. The molecule has 0 aliphatic heterocycles. The number of ketones is 1. The van der Waals surface area contributed by atoms with Crippen LogP contribution in [0.1, 0.15) is 36.0 Å². The second-order valence-corrected chi connectivity index (χ2v) is 6.74. The highest BCUT2D eigenvalue weighted by Crippen LogP contribution is 2.35. The first-order valence-electron chi connectivity index (χ1n) is 8.30. The fraction of sp³-hybridized carbons (Fsp3) is 0.444. The number of Topliss-reactive ketones (excluding diaryl/α,β-unsaturated/α-hetero) is 1. The van der Waals surface area contributed by atoms with Gasteiger partial charge < -0.3 is 15.6 Å². The average molecular weight is 311 g/mol. The zero-order valence-corrected chi connectivity index (χ0v) is 13.0. The number of carbonyl (C=O) groups is 2. The molecule has 3 N–H and O–H groups in total. The molecule has 0 spiro atoms. The van der Waals surface area contributed by atoms with Crippen LogP contribution in [0.15, 0.2) is 30.5 Å². The van der Waals surface area contributed by atoms with Gasteiger partial charge in [0.2, 0.25) is 5.91 Å². The van der Waals surface area contributed by atoms with Crippen LogP contribution >= 0.6 is 0 Å². The number of nitrogens with two attached hydrogens (primary N) is 1. The molecule has 2 aromatic rings. The number of nitrogens with one attached hydrogen (secondary N) is 1. The molecule has 2 atom stereocenters. The molecule has 1 aromatic carbocycles. The van der Waals surface area contributed by atoms with Gasteiger partial charge in [-0.05, 0) is 31.7 Å². The highest BCUT2D eigenvalue weighted by Gasteiger charge is 2.32. The predicted molar refractivity (Wildman–Crippen MR) is 88.1 cm³/mol. The van der Waals surface area contributed by atoms with Crippen LogP contribution in [0.3, 0.4) is 0 Å². The number of nitrogens with zero attached hydrogens (tertiary/aromatic N) is 1. The van der Waals surface area contributed by atoms with Gasteiger partial charge in [-0.1, -0.05) is 18.2 Å². The summed E-state index contributed by atoms with van der Waals surface area (Å²) < 4.78 is 1.88. The molecule has 5 nitrogen and oxygen atoms in total. The Morgan fingerprint density at radius 2 is 1.96 bits per heavy atom. The molecular formula is C18H21N3O2. The Morgan fingerprint density at radius 1 is 1.17 bits per heavy atom. The van der Waals surface area contributed by atoms with E-state index in [4.69, 9.17) is 5.73 Å². The van der Waals surface area contributed by atoms with Gasteiger partial charge in [0.05, 0.1) is 0 Å². The van der Waals surface area contributed by atoms with Gasteiger partial charge in [-0.2, -0.15) is 0 Å². The third-order valence-corrected chi connectivity index (χ3v) is 4.99. The monoisotopic (exact) mass is 311 g/mol. The molecule has 5 heteroatoms. The fourth-order valence-electron chi connectivity index (χ4n) is 3.25. The maximum absolute atomic E-state index is 12.5. The van der Waals surface area contributed by atoms with Crippen molar-refractivity contribution >= 4 is 22.6 Å². The molecule has 1 aromatic heterocycles. The smallest absolute Gasteiger partial charge is 0.240 e. The lowest BCUT2D eigenvalue weighted by Gasteiger charge is -2.34. The van der Waals surface area contributed by atoms with Gasteiger partial charge in [0.1, 0.15) is 6.54 Å². The van der Waals surface area contributed by atoms with Crippen molar-refractivity contribution in [3.05, 3.63) is 36.0 Å². The number of para-hydroxylation sites is 1. The molecule has 4 rings (SSSR count). The number of amides is 1. The fourth-order valence-corrected chi connectivity index (χ4v) is 3.25. The highest BCUT2D eigenvalue weighted by molar-refractivity contribution is 6.10. The van der Waals surface area contributed by atoms with E-state index in [1.165, 1.54) is 0 Å². The lowest BCUT2D eigenvalue weighted by molar-refractivity contribution is -0.123. The van der Waals surface area contributed by atoms with Gasteiger partial charge in [-0.15, -0.1) is 0 Å². The lowest BCUT2D eigenvalue weighted by atomic mass is 9.87. The van der Waals surface area contributed by atoms with Crippen LogP contribution in [-0.4, -0.2) is 28.3 Å². The molecule has 0 radical (unpaired) electrons. The number of hydrogen-bond acceptors (Lipinski definition) is 3. The van der Waals surface area contributed by atoms with Crippen molar-refractivity contribution in [1.82, 2.24) is 9.88 Å². The summed E-state index contributed by atoms with van der Waals surface area (Å²) in [7, 11) is 0. The Labute approximate surface area is 134 Å². The van der Waals surface area contributed by atoms with Crippen LogP contribution in [0.4, 0.5) is 0 Å². The van der Waals surface area contributed by atoms with Crippen molar-refractivity contribution in [2.45, 2.75) is 44.3 Å². The van der Waals surface area contributed by atoms with E-state index < -0.39 is 0 Å². The number of aromatic nitrogens is 1. The minimum atomic E-state index is -0.0451. The van der Waals surface area contributed by atoms with Crippen molar-refractivity contribution < 1.29 is 9.59 Å². The molecule has 1 heterocycles. The van der Waals surface area contributed by atoms with E-state index >= 15 is 0 Å². The van der Waals surface area contributed by atoms with Crippen molar-refractivity contribution in [2.24, 2.45) is 11.7 Å². The zero-order chi connectivity index (χ0) is 16.0. The summed E-state index contributed by atoms with van der Waals surface area (Å²) in [5, 5.41) is 3.93. The molecule has 120 valence electrons. The average Bonchev–Trinajstić information content (AvgIpc) is 3.34. The van der Waals surface area contributed by atoms with E-state index in [0.29, 0.717) is 0 Å². The maximum atomic E-state index is 12.5. The van der Waals surface area contributed by atoms with Crippen molar-refractivity contribution in [2.75, 3.05) is 0 Å². The standard InChI is InChI=1S/C18H21N3O2/c19-14-7-8-15(14)20-17(22)10-21-9-13(18(23)11-5-6-11)12-3-1-2-4-16(12)21/h1-4,9,11,14-15H,5-8,10,19H2,(H,20,22)/t14-,15+/m1/s1. The van der Waals surface area contributed by atoms with Crippen LogP contribution < -0.4 is 11.1 Å². The number of benzene rings is 1. The van der Waals surface area contributed by atoms with Crippen LogP contribution in [0, 0.1) is 5.92 Å². The summed E-state index contributed by atoms with van der Waals surface area (Å²) >= 11 is 0. The number of carbonyl (C=O) groups excluding carboxylic acids is 2. The molecule has 1 amide bonds. The number of hydrogen-bond donors (Lipinski definition) is 2. The van der Waals surface area contributed by atoms with E-state index in [1.54, 1.807) is 0 Å². The molecule has 2 saturated carbocycles. The second kappa shape index (κ2) is 5.49. The molecule has 0 unspecified atom stereocenters. The van der Waals surface area contributed by atoms with Gasteiger partial charge in [0.25, 0.3) is 0 Å². The topological polar surface area (TPSA) is 77.1 Å². The molecule has 0 bridgehead atoms.